The standard InChI is InChI=1S/C19H22N2O3S/c1-3-15-7-4-5-8-17(15)20-25(23,24)16-10-11-18(14(2)13-16)21-12-6-9-19(21)22/h4-5,7-8,10-11,13,20H,3,6,9,12H2,1-2H3. The van der Waals surface area contributed by atoms with E-state index in [1.807, 2.05) is 32.0 Å². The number of nitrogens with one attached hydrogen (secondary N) is 1. The fourth-order valence-corrected chi connectivity index (χ4v) is 4.32. The van der Waals surface area contributed by atoms with Crippen LogP contribution in [0.3, 0.4) is 0 Å². The van der Waals surface area contributed by atoms with E-state index in [1.54, 1.807) is 29.2 Å². The Hall–Kier alpha value is -2.34. The second kappa shape index (κ2) is 6.88. The first-order valence-corrected chi connectivity index (χ1v) is 9.92. The molecule has 0 spiro atoms. The highest BCUT2D eigenvalue weighted by atomic mass is 32.2. The molecule has 3 rings (SSSR count). The molecular weight excluding hydrogens is 336 g/mol. The van der Waals surface area contributed by atoms with Gasteiger partial charge in [0, 0.05) is 18.7 Å². The summed E-state index contributed by atoms with van der Waals surface area (Å²) >= 11 is 0. The van der Waals surface area contributed by atoms with Crippen molar-refractivity contribution in [3.63, 3.8) is 0 Å². The minimum absolute atomic E-state index is 0.0914. The van der Waals surface area contributed by atoms with Crippen LogP contribution in [-0.4, -0.2) is 20.9 Å². The Morgan fingerprint density at radius 2 is 1.92 bits per heavy atom. The molecule has 0 aromatic heterocycles. The topological polar surface area (TPSA) is 66.5 Å². The molecule has 132 valence electrons. The van der Waals surface area contributed by atoms with Gasteiger partial charge >= 0.3 is 0 Å². The number of aryl methyl sites for hydroxylation is 2. The third-order valence-electron chi connectivity index (χ3n) is 4.49. The van der Waals surface area contributed by atoms with Gasteiger partial charge in [-0.2, -0.15) is 0 Å². The molecular formula is C19H22N2O3S. The maximum Gasteiger partial charge on any atom is 0.261 e. The van der Waals surface area contributed by atoms with Crippen molar-refractivity contribution in [3.8, 4) is 0 Å². The molecule has 1 N–H and O–H groups in total. The highest BCUT2D eigenvalue weighted by Crippen LogP contribution is 2.28. The lowest BCUT2D eigenvalue weighted by Gasteiger charge is -2.19. The van der Waals surface area contributed by atoms with Gasteiger partial charge in [-0.3, -0.25) is 9.52 Å². The Kier molecular flexibility index (Phi) is 4.81. The number of anilines is 2. The first-order valence-electron chi connectivity index (χ1n) is 8.44. The first kappa shape index (κ1) is 17.5. The van der Waals surface area contributed by atoms with Crippen molar-refractivity contribution in [1.82, 2.24) is 0 Å². The van der Waals surface area contributed by atoms with Crippen LogP contribution in [0.2, 0.25) is 0 Å². The third-order valence-corrected chi connectivity index (χ3v) is 5.85. The van der Waals surface area contributed by atoms with E-state index in [9.17, 15) is 13.2 Å². The zero-order valence-electron chi connectivity index (χ0n) is 14.5. The molecule has 1 aliphatic rings. The molecule has 0 unspecified atom stereocenters. The summed E-state index contributed by atoms with van der Waals surface area (Å²) in [6.45, 7) is 4.51. The highest BCUT2D eigenvalue weighted by Gasteiger charge is 2.24. The van der Waals surface area contributed by atoms with Gasteiger partial charge in [-0.05, 0) is 55.2 Å². The summed E-state index contributed by atoms with van der Waals surface area (Å²) < 4.78 is 28.1. The van der Waals surface area contributed by atoms with E-state index in [2.05, 4.69) is 4.72 Å². The summed E-state index contributed by atoms with van der Waals surface area (Å²) in [4.78, 5) is 13.8. The molecule has 1 amide bonds. The van der Waals surface area contributed by atoms with Crippen LogP contribution in [0.25, 0.3) is 0 Å². The summed E-state index contributed by atoms with van der Waals surface area (Å²) in [5.41, 5.74) is 3.11. The number of carbonyl (C=O) groups is 1. The number of hydrogen-bond donors (Lipinski definition) is 1. The van der Waals surface area contributed by atoms with Gasteiger partial charge in [0.25, 0.3) is 10.0 Å². The van der Waals surface area contributed by atoms with Crippen molar-refractivity contribution in [3.05, 3.63) is 53.6 Å². The number of carbonyl (C=O) groups excluding carboxylic acids is 1. The molecule has 6 heteroatoms. The van der Waals surface area contributed by atoms with Gasteiger partial charge in [-0.15, -0.1) is 0 Å². The van der Waals surface area contributed by atoms with E-state index in [0.29, 0.717) is 18.7 Å². The first-order chi connectivity index (χ1) is 11.9. The van der Waals surface area contributed by atoms with Crippen molar-refractivity contribution in [2.45, 2.75) is 38.0 Å². The van der Waals surface area contributed by atoms with Crippen LogP contribution in [-0.2, 0) is 21.2 Å². The molecule has 2 aromatic carbocycles. The number of benzene rings is 2. The van der Waals surface area contributed by atoms with Gasteiger partial charge < -0.3 is 4.90 Å². The van der Waals surface area contributed by atoms with Gasteiger partial charge in [0.05, 0.1) is 10.6 Å². The summed E-state index contributed by atoms with van der Waals surface area (Å²) in [5, 5.41) is 0. The van der Waals surface area contributed by atoms with E-state index in [1.165, 1.54) is 0 Å². The predicted octanol–water partition coefficient (Wildman–Crippen LogP) is 3.49. The second-order valence-electron chi connectivity index (χ2n) is 6.21. The number of rotatable bonds is 5. The maximum atomic E-state index is 12.7. The molecule has 0 bridgehead atoms. The molecule has 0 saturated carbocycles. The minimum atomic E-state index is -3.68. The van der Waals surface area contributed by atoms with E-state index in [-0.39, 0.29) is 10.8 Å². The monoisotopic (exact) mass is 358 g/mol. The van der Waals surface area contributed by atoms with Gasteiger partial charge in [0.1, 0.15) is 0 Å². The molecule has 1 fully saturated rings. The Morgan fingerprint density at radius 1 is 1.16 bits per heavy atom. The average molecular weight is 358 g/mol. The molecule has 1 saturated heterocycles. The Bertz CT molecular complexity index is 907. The Morgan fingerprint density at radius 3 is 2.56 bits per heavy atom. The van der Waals surface area contributed by atoms with Crippen LogP contribution in [0.5, 0.6) is 0 Å². The van der Waals surface area contributed by atoms with Gasteiger partial charge in [-0.25, -0.2) is 8.42 Å². The SMILES string of the molecule is CCc1ccccc1NS(=O)(=O)c1ccc(N2CCCC2=O)c(C)c1. The van der Waals surface area contributed by atoms with Gasteiger partial charge in [-0.1, -0.05) is 25.1 Å². The minimum Gasteiger partial charge on any atom is -0.312 e. The summed E-state index contributed by atoms with van der Waals surface area (Å²) in [7, 11) is -3.68. The van der Waals surface area contributed by atoms with Crippen molar-refractivity contribution in [1.29, 1.82) is 0 Å². The Labute approximate surface area is 148 Å². The summed E-state index contributed by atoms with van der Waals surface area (Å²) in [5.74, 6) is 0.0914. The van der Waals surface area contributed by atoms with Crippen LogP contribution >= 0.6 is 0 Å². The normalized spacial score (nSPS) is 14.8. The molecule has 25 heavy (non-hydrogen) atoms. The zero-order chi connectivity index (χ0) is 18.0. The van der Waals surface area contributed by atoms with E-state index < -0.39 is 10.0 Å². The lowest BCUT2D eigenvalue weighted by atomic mass is 10.1. The lowest BCUT2D eigenvalue weighted by molar-refractivity contribution is -0.117. The molecule has 2 aromatic rings. The van der Waals surface area contributed by atoms with Crippen LogP contribution < -0.4 is 9.62 Å². The second-order valence-corrected chi connectivity index (χ2v) is 7.90. The molecule has 1 aliphatic heterocycles. The van der Waals surface area contributed by atoms with Crippen LogP contribution in [0, 0.1) is 6.92 Å². The molecule has 5 nitrogen and oxygen atoms in total. The van der Waals surface area contributed by atoms with Crippen molar-refractivity contribution in [2.24, 2.45) is 0 Å². The van der Waals surface area contributed by atoms with Crippen molar-refractivity contribution in [2.75, 3.05) is 16.2 Å². The van der Waals surface area contributed by atoms with Gasteiger partial charge in [0.2, 0.25) is 5.91 Å². The summed E-state index contributed by atoms with van der Waals surface area (Å²) in [6, 6.07) is 12.3. The van der Waals surface area contributed by atoms with Crippen molar-refractivity contribution >= 4 is 27.3 Å². The third kappa shape index (κ3) is 3.54. The number of nitrogens with zero attached hydrogens (tertiary/aromatic N) is 1. The van der Waals surface area contributed by atoms with Crippen LogP contribution in [0.15, 0.2) is 47.4 Å². The highest BCUT2D eigenvalue weighted by molar-refractivity contribution is 7.92. The predicted molar refractivity (Wildman–Crippen MR) is 99.4 cm³/mol. The molecule has 0 radical (unpaired) electrons. The van der Waals surface area contributed by atoms with E-state index >= 15 is 0 Å². The number of para-hydroxylation sites is 1. The van der Waals surface area contributed by atoms with E-state index in [4.69, 9.17) is 0 Å². The van der Waals surface area contributed by atoms with E-state index in [0.717, 1.165) is 29.7 Å². The summed E-state index contributed by atoms with van der Waals surface area (Å²) in [6.07, 6.45) is 2.14. The number of hydrogen-bond acceptors (Lipinski definition) is 3. The quantitative estimate of drug-likeness (QED) is 0.890. The molecule has 1 heterocycles. The van der Waals surface area contributed by atoms with Gasteiger partial charge in [0.15, 0.2) is 0 Å². The van der Waals surface area contributed by atoms with Crippen LogP contribution in [0.4, 0.5) is 11.4 Å². The smallest absolute Gasteiger partial charge is 0.261 e. The molecule has 0 atom stereocenters. The van der Waals surface area contributed by atoms with Crippen molar-refractivity contribution < 1.29 is 13.2 Å². The Balaban J connectivity index is 1.90. The largest absolute Gasteiger partial charge is 0.312 e. The molecule has 0 aliphatic carbocycles. The fourth-order valence-electron chi connectivity index (χ4n) is 3.13. The number of sulfonamides is 1. The fraction of sp³-hybridized carbons (Fsp3) is 0.316. The lowest BCUT2D eigenvalue weighted by Crippen LogP contribution is -2.24. The zero-order valence-corrected chi connectivity index (χ0v) is 15.3. The van der Waals surface area contributed by atoms with Crippen LogP contribution in [0.1, 0.15) is 30.9 Å². The number of amides is 1. The average Bonchev–Trinajstić information content (AvgIpc) is 3.01. The maximum absolute atomic E-state index is 12.7.